The lowest BCUT2D eigenvalue weighted by Crippen LogP contribution is -2.04. The Labute approximate surface area is 75.8 Å². The van der Waals surface area contributed by atoms with E-state index in [9.17, 15) is 4.79 Å². The van der Waals surface area contributed by atoms with Crippen molar-refractivity contribution in [2.24, 2.45) is 0 Å². The Morgan fingerprint density at radius 3 is 3.00 bits per heavy atom. The molecule has 0 saturated carbocycles. The Bertz CT molecular complexity index is 295. The van der Waals surface area contributed by atoms with Gasteiger partial charge in [-0.25, -0.2) is 9.78 Å². The third-order valence-electron chi connectivity index (χ3n) is 1.71. The van der Waals surface area contributed by atoms with Gasteiger partial charge in [-0.3, -0.25) is 0 Å². The molecule has 0 fully saturated rings. The molecule has 0 bridgehead atoms. The lowest BCUT2D eigenvalue weighted by Gasteiger charge is -2.05. The third kappa shape index (κ3) is 2.29. The molecular formula is C8H12N2O3. The molecule has 0 aliphatic rings. The van der Waals surface area contributed by atoms with E-state index in [0.29, 0.717) is 12.4 Å². The smallest absolute Gasteiger partial charge is 0.353 e. The fourth-order valence-electron chi connectivity index (χ4n) is 1.02. The number of aromatic nitrogens is 2. The molecule has 72 valence electrons. The van der Waals surface area contributed by atoms with Gasteiger partial charge in [0.05, 0.1) is 12.8 Å². The van der Waals surface area contributed by atoms with Crippen LogP contribution >= 0.6 is 0 Å². The molecule has 1 aromatic heterocycles. The van der Waals surface area contributed by atoms with E-state index >= 15 is 0 Å². The van der Waals surface area contributed by atoms with Gasteiger partial charge in [-0.05, 0) is 0 Å². The number of carboxylic acids is 1. The van der Waals surface area contributed by atoms with Crippen LogP contribution in [0.3, 0.4) is 0 Å². The summed E-state index contributed by atoms with van der Waals surface area (Å²) < 4.78 is 4.92. The molecule has 0 spiro atoms. The van der Waals surface area contributed by atoms with Gasteiger partial charge in [0.2, 0.25) is 0 Å². The van der Waals surface area contributed by atoms with Gasteiger partial charge in [-0.2, -0.15) is 0 Å². The normalized spacial score (nSPS) is 12.8. The van der Waals surface area contributed by atoms with Crippen molar-refractivity contribution in [3.8, 4) is 0 Å². The van der Waals surface area contributed by atoms with Crippen LogP contribution in [0.25, 0.3) is 0 Å². The number of ether oxygens (including phenoxy) is 1. The standard InChI is InChI=1S/C8H12N2O3/c1-5(4-13-2)7-9-3-6(10-7)8(11)12/h3,5H,4H2,1-2H3,(H,9,10)(H,11,12). The van der Waals surface area contributed by atoms with Crippen molar-refractivity contribution in [3.63, 3.8) is 0 Å². The van der Waals surface area contributed by atoms with Crippen molar-refractivity contribution in [1.82, 2.24) is 9.97 Å². The number of nitrogens with one attached hydrogen (secondary N) is 1. The highest BCUT2D eigenvalue weighted by Gasteiger charge is 2.12. The van der Waals surface area contributed by atoms with Gasteiger partial charge >= 0.3 is 5.97 Å². The number of hydrogen-bond donors (Lipinski definition) is 2. The number of carboxylic acid groups (broad SMARTS) is 1. The van der Waals surface area contributed by atoms with E-state index < -0.39 is 5.97 Å². The second kappa shape index (κ2) is 4.04. The molecule has 2 N–H and O–H groups in total. The van der Waals surface area contributed by atoms with Gasteiger partial charge in [0, 0.05) is 13.0 Å². The maximum Gasteiger partial charge on any atom is 0.353 e. The number of rotatable bonds is 4. The Morgan fingerprint density at radius 1 is 1.85 bits per heavy atom. The van der Waals surface area contributed by atoms with E-state index in [1.807, 2.05) is 6.92 Å². The van der Waals surface area contributed by atoms with Crippen molar-refractivity contribution >= 4 is 5.97 Å². The summed E-state index contributed by atoms with van der Waals surface area (Å²) in [5.74, 6) is -0.277. The fraction of sp³-hybridized carbons (Fsp3) is 0.500. The van der Waals surface area contributed by atoms with Crippen molar-refractivity contribution in [2.45, 2.75) is 12.8 Å². The Hall–Kier alpha value is -1.36. The summed E-state index contributed by atoms with van der Waals surface area (Å²) in [5, 5.41) is 8.61. The zero-order valence-corrected chi connectivity index (χ0v) is 7.57. The molecule has 1 heterocycles. The van der Waals surface area contributed by atoms with Crippen LogP contribution in [0.1, 0.15) is 29.2 Å². The predicted octanol–water partition coefficient (Wildman–Crippen LogP) is 0.858. The van der Waals surface area contributed by atoms with Crippen molar-refractivity contribution in [1.29, 1.82) is 0 Å². The van der Waals surface area contributed by atoms with Gasteiger partial charge in [-0.15, -0.1) is 0 Å². The Morgan fingerprint density at radius 2 is 2.54 bits per heavy atom. The number of nitrogens with zero attached hydrogens (tertiary/aromatic N) is 1. The minimum atomic E-state index is -0.997. The summed E-state index contributed by atoms with van der Waals surface area (Å²) in [6.45, 7) is 2.43. The van der Waals surface area contributed by atoms with Gasteiger partial charge in [0.15, 0.2) is 0 Å². The predicted molar refractivity (Wildman–Crippen MR) is 45.8 cm³/mol. The van der Waals surface area contributed by atoms with E-state index in [1.54, 1.807) is 7.11 Å². The molecule has 0 saturated heterocycles. The monoisotopic (exact) mass is 184 g/mol. The number of hydrogen-bond acceptors (Lipinski definition) is 3. The van der Waals surface area contributed by atoms with Crippen LogP contribution in [0, 0.1) is 0 Å². The number of aromatic carboxylic acids is 1. The molecule has 1 aromatic rings. The second-order valence-electron chi connectivity index (χ2n) is 2.84. The number of H-pyrrole nitrogens is 1. The van der Waals surface area contributed by atoms with E-state index in [1.165, 1.54) is 6.20 Å². The van der Waals surface area contributed by atoms with Gasteiger partial charge in [-0.1, -0.05) is 6.92 Å². The first-order chi connectivity index (χ1) is 6.15. The first-order valence-electron chi connectivity index (χ1n) is 3.92. The quantitative estimate of drug-likeness (QED) is 0.727. The molecule has 0 amide bonds. The van der Waals surface area contributed by atoms with E-state index in [2.05, 4.69) is 9.97 Å². The van der Waals surface area contributed by atoms with Crippen LogP contribution < -0.4 is 0 Å². The summed E-state index contributed by atoms with van der Waals surface area (Å²) >= 11 is 0. The molecule has 0 aliphatic heterocycles. The average molecular weight is 184 g/mol. The molecule has 0 aliphatic carbocycles. The molecule has 5 heteroatoms. The van der Waals surface area contributed by atoms with Crippen molar-refractivity contribution in [3.05, 3.63) is 17.7 Å². The minimum Gasteiger partial charge on any atom is -0.477 e. The molecular weight excluding hydrogens is 172 g/mol. The van der Waals surface area contributed by atoms with Crippen LogP contribution in [-0.2, 0) is 4.74 Å². The summed E-state index contributed by atoms with van der Waals surface area (Å²) in [4.78, 5) is 17.1. The Kier molecular flexibility index (Phi) is 3.02. The lowest BCUT2D eigenvalue weighted by atomic mass is 10.2. The zero-order valence-electron chi connectivity index (χ0n) is 7.57. The fourth-order valence-corrected chi connectivity index (χ4v) is 1.02. The third-order valence-corrected chi connectivity index (χ3v) is 1.71. The molecule has 0 aromatic carbocycles. The molecule has 0 radical (unpaired) electrons. The molecule has 13 heavy (non-hydrogen) atoms. The lowest BCUT2D eigenvalue weighted by molar-refractivity contribution is 0.0691. The van der Waals surface area contributed by atoms with Crippen LogP contribution in [-0.4, -0.2) is 34.8 Å². The second-order valence-corrected chi connectivity index (χ2v) is 2.84. The highest BCUT2D eigenvalue weighted by Crippen LogP contribution is 2.11. The first kappa shape index (κ1) is 9.73. The van der Waals surface area contributed by atoms with Crippen molar-refractivity contribution < 1.29 is 14.6 Å². The first-order valence-corrected chi connectivity index (χ1v) is 3.92. The number of carbonyl (C=O) groups is 1. The number of imidazole rings is 1. The van der Waals surface area contributed by atoms with E-state index in [0.717, 1.165) is 0 Å². The number of aromatic amines is 1. The zero-order chi connectivity index (χ0) is 9.84. The molecule has 1 unspecified atom stereocenters. The van der Waals surface area contributed by atoms with Crippen LogP contribution in [0.2, 0.25) is 0 Å². The SMILES string of the molecule is COCC(C)c1ncc(C(=O)O)[nH]1. The van der Waals surface area contributed by atoms with Gasteiger partial charge in [0.1, 0.15) is 11.5 Å². The number of methoxy groups -OCH3 is 1. The largest absolute Gasteiger partial charge is 0.477 e. The Balaban J connectivity index is 2.73. The minimum absolute atomic E-state index is 0.0816. The average Bonchev–Trinajstić information content (AvgIpc) is 2.52. The summed E-state index contributed by atoms with van der Waals surface area (Å²) in [6, 6.07) is 0. The molecule has 1 rings (SSSR count). The maximum atomic E-state index is 10.5. The van der Waals surface area contributed by atoms with E-state index in [4.69, 9.17) is 9.84 Å². The van der Waals surface area contributed by atoms with Crippen LogP contribution in [0.15, 0.2) is 6.20 Å². The molecule has 5 nitrogen and oxygen atoms in total. The van der Waals surface area contributed by atoms with Crippen LogP contribution in [0.4, 0.5) is 0 Å². The highest BCUT2D eigenvalue weighted by molar-refractivity contribution is 5.85. The maximum absolute atomic E-state index is 10.5. The molecule has 1 atom stereocenters. The van der Waals surface area contributed by atoms with Crippen LogP contribution in [0.5, 0.6) is 0 Å². The summed E-state index contributed by atoms with van der Waals surface area (Å²) in [6.07, 6.45) is 1.31. The summed E-state index contributed by atoms with van der Waals surface area (Å²) in [5.41, 5.74) is 0.109. The van der Waals surface area contributed by atoms with E-state index in [-0.39, 0.29) is 11.6 Å². The van der Waals surface area contributed by atoms with Gasteiger partial charge < -0.3 is 14.8 Å². The topological polar surface area (TPSA) is 75.2 Å². The van der Waals surface area contributed by atoms with Gasteiger partial charge in [0.25, 0.3) is 0 Å². The summed E-state index contributed by atoms with van der Waals surface area (Å²) in [7, 11) is 1.59. The highest BCUT2D eigenvalue weighted by atomic mass is 16.5. The van der Waals surface area contributed by atoms with Crippen molar-refractivity contribution in [2.75, 3.05) is 13.7 Å².